The molecule has 0 saturated carbocycles. The minimum Gasteiger partial charge on any atom is -0.437 e. The third kappa shape index (κ3) is 5.44. The molecule has 12 heteroatoms. The third-order valence-electron chi connectivity index (χ3n) is 7.03. The number of sulfonamides is 1. The monoisotopic (exact) mass is 504 g/mol. The number of ether oxygens (including phenoxy) is 1. The Kier molecular flexibility index (Phi) is 6.78. The standard InChI is InChI=1S/C22H31F3N4O4S/c1-17(22(23,24)25)33-20(30)27-11-9-26(10-12-27)13-18-5-3-4-6-19(18)28-8-7-21(14-28)15-29(16-21)34(2,31)32/h3-6,17H,7-16H2,1-2H3. The molecule has 0 aromatic heterocycles. The molecule has 1 atom stereocenters. The summed E-state index contributed by atoms with van der Waals surface area (Å²) in [7, 11) is -3.15. The molecule has 4 rings (SSSR count). The van der Waals surface area contributed by atoms with E-state index < -0.39 is 28.4 Å². The Balaban J connectivity index is 1.31. The van der Waals surface area contributed by atoms with Crippen LogP contribution < -0.4 is 4.90 Å². The van der Waals surface area contributed by atoms with Gasteiger partial charge in [-0.05, 0) is 25.0 Å². The van der Waals surface area contributed by atoms with Crippen LogP contribution in [0.4, 0.5) is 23.7 Å². The van der Waals surface area contributed by atoms with Crippen molar-refractivity contribution >= 4 is 21.8 Å². The van der Waals surface area contributed by atoms with Gasteiger partial charge in [-0.3, -0.25) is 4.90 Å². The molecule has 3 heterocycles. The van der Waals surface area contributed by atoms with Gasteiger partial charge in [0.1, 0.15) is 0 Å². The first-order chi connectivity index (χ1) is 15.9. The number of hydrogen-bond donors (Lipinski definition) is 0. The summed E-state index contributed by atoms with van der Waals surface area (Å²) in [4.78, 5) is 17.9. The molecule has 8 nitrogen and oxygen atoms in total. The highest BCUT2D eigenvalue weighted by atomic mass is 32.2. The molecular formula is C22H31F3N4O4S. The summed E-state index contributed by atoms with van der Waals surface area (Å²) in [5, 5.41) is 0. The largest absolute Gasteiger partial charge is 0.437 e. The molecule has 3 aliphatic heterocycles. The lowest BCUT2D eigenvalue weighted by Gasteiger charge is -2.46. The van der Waals surface area contributed by atoms with Gasteiger partial charge in [0.2, 0.25) is 10.0 Å². The Labute approximate surface area is 198 Å². The smallest absolute Gasteiger partial charge is 0.425 e. The van der Waals surface area contributed by atoms with Gasteiger partial charge in [0.15, 0.2) is 6.10 Å². The van der Waals surface area contributed by atoms with Gasteiger partial charge in [-0.2, -0.15) is 13.2 Å². The Morgan fingerprint density at radius 3 is 2.35 bits per heavy atom. The zero-order chi connectivity index (χ0) is 24.7. The fourth-order valence-electron chi connectivity index (χ4n) is 4.91. The van der Waals surface area contributed by atoms with E-state index in [1.54, 1.807) is 0 Å². The van der Waals surface area contributed by atoms with Crippen LogP contribution >= 0.6 is 0 Å². The number of nitrogens with zero attached hydrogens (tertiary/aromatic N) is 4. The molecule has 3 aliphatic rings. The zero-order valence-electron chi connectivity index (χ0n) is 19.4. The predicted octanol–water partition coefficient (Wildman–Crippen LogP) is 2.36. The van der Waals surface area contributed by atoms with E-state index in [4.69, 9.17) is 0 Å². The maximum absolute atomic E-state index is 12.7. The fourth-order valence-corrected chi connectivity index (χ4v) is 5.93. The van der Waals surface area contributed by atoms with Crippen molar-refractivity contribution in [3.63, 3.8) is 0 Å². The van der Waals surface area contributed by atoms with Gasteiger partial charge in [0.25, 0.3) is 0 Å². The summed E-state index contributed by atoms with van der Waals surface area (Å²) in [5.74, 6) is 0. The first-order valence-corrected chi connectivity index (χ1v) is 13.2. The molecule has 1 amide bonds. The van der Waals surface area contributed by atoms with E-state index in [1.165, 1.54) is 15.5 Å². The van der Waals surface area contributed by atoms with Crippen molar-refractivity contribution in [3.05, 3.63) is 29.8 Å². The van der Waals surface area contributed by atoms with E-state index in [9.17, 15) is 26.4 Å². The molecule has 1 unspecified atom stereocenters. The summed E-state index contributed by atoms with van der Waals surface area (Å²) in [6.07, 6.45) is -5.44. The molecule has 1 aromatic carbocycles. The summed E-state index contributed by atoms with van der Waals surface area (Å²) in [6, 6.07) is 8.11. The van der Waals surface area contributed by atoms with E-state index in [2.05, 4.69) is 26.7 Å². The topological polar surface area (TPSA) is 73.4 Å². The third-order valence-corrected chi connectivity index (χ3v) is 8.22. The average Bonchev–Trinajstić information content (AvgIpc) is 3.18. The number of carbonyl (C=O) groups excluding carboxylic acids is 1. The number of rotatable bonds is 5. The summed E-state index contributed by atoms with van der Waals surface area (Å²) < 4.78 is 67.6. The number of amides is 1. The van der Waals surface area contributed by atoms with Crippen LogP contribution in [0.15, 0.2) is 24.3 Å². The molecule has 34 heavy (non-hydrogen) atoms. The Morgan fingerprint density at radius 2 is 1.74 bits per heavy atom. The second kappa shape index (κ2) is 9.19. The van der Waals surface area contributed by atoms with Crippen molar-refractivity contribution in [2.24, 2.45) is 5.41 Å². The van der Waals surface area contributed by atoms with Crippen LogP contribution in [0.5, 0.6) is 0 Å². The SMILES string of the molecule is CC(OC(=O)N1CCN(Cc2ccccc2N2CCC3(C2)CN(S(C)(=O)=O)C3)CC1)C(F)(F)F. The molecule has 0 radical (unpaired) electrons. The van der Waals surface area contributed by atoms with Gasteiger partial charge in [-0.1, -0.05) is 18.2 Å². The molecule has 0 bridgehead atoms. The molecule has 3 fully saturated rings. The number of hydrogen-bond acceptors (Lipinski definition) is 6. The first-order valence-electron chi connectivity index (χ1n) is 11.4. The second-order valence-corrected chi connectivity index (χ2v) is 11.6. The minimum absolute atomic E-state index is 0.00965. The van der Waals surface area contributed by atoms with Crippen LogP contribution in [0.1, 0.15) is 18.9 Å². The van der Waals surface area contributed by atoms with Gasteiger partial charge < -0.3 is 14.5 Å². The highest BCUT2D eigenvalue weighted by Crippen LogP contribution is 2.42. The Bertz CT molecular complexity index is 1010. The molecule has 190 valence electrons. The van der Waals surface area contributed by atoms with Crippen LogP contribution in [0, 0.1) is 5.41 Å². The summed E-state index contributed by atoms with van der Waals surface area (Å²) in [6.45, 7) is 5.99. The Morgan fingerprint density at radius 1 is 1.09 bits per heavy atom. The van der Waals surface area contributed by atoms with Gasteiger partial charge in [-0.15, -0.1) is 0 Å². The predicted molar refractivity (Wildman–Crippen MR) is 121 cm³/mol. The van der Waals surface area contributed by atoms with Crippen molar-refractivity contribution in [1.29, 1.82) is 0 Å². The normalized spacial score (nSPS) is 22.6. The van der Waals surface area contributed by atoms with E-state index in [-0.39, 0.29) is 5.41 Å². The number of alkyl halides is 3. The number of carbonyl (C=O) groups is 1. The number of benzene rings is 1. The average molecular weight is 505 g/mol. The minimum atomic E-state index is -4.57. The number of anilines is 1. The van der Waals surface area contributed by atoms with Crippen LogP contribution in [-0.4, -0.2) is 99.5 Å². The lowest BCUT2D eigenvalue weighted by molar-refractivity contribution is -0.200. The molecule has 1 spiro atoms. The quantitative estimate of drug-likeness (QED) is 0.613. The first kappa shape index (κ1) is 25.1. The van der Waals surface area contributed by atoms with E-state index in [0.29, 0.717) is 45.8 Å². The van der Waals surface area contributed by atoms with Crippen molar-refractivity contribution in [2.75, 3.05) is 63.5 Å². The molecule has 0 N–H and O–H groups in total. The summed E-state index contributed by atoms with van der Waals surface area (Å²) in [5.41, 5.74) is 2.27. The molecule has 1 aromatic rings. The number of piperazine rings is 1. The van der Waals surface area contributed by atoms with Crippen LogP contribution in [-0.2, 0) is 21.3 Å². The fraction of sp³-hybridized carbons (Fsp3) is 0.682. The molecule has 0 aliphatic carbocycles. The van der Waals surface area contributed by atoms with Crippen molar-refractivity contribution in [1.82, 2.24) is 14.1 Å². The zero-order valence-corrected chi connectivity index (χ0v) is 20.2. The van der Waals surface area contributed by atoms with Crippen LogP contribution in [0.25, 0.3) is 0 Å². The van der Waals surface area contributed by atoms with E-state index >= 15 is 0 Å². The van der Waals surface area contributed by atoms with Crippen molar-refractivity contribution < 1.29 is 31.1 Å². The number of para-hydroxylation sites is 1. The lowest BCUT2D eigenvalue weighted by Crippen LogP contribution is -2.59. The van der Waals surface area contributed by atoms with Gasteiger partial charge >= 0.3 is 12.3 Å². The van der Waals surface area contributed by atoms with Gasteiger partial charge in [0, 0.05) is 70.0 Å². The van der Waals surface area contributed by atoms with Crippen LogP contribution in [0.2, 0.25) is 0 Å². The summed E-state index contributed by atoms with van der Waals surface area (Å²) >= 11 is 0. The van der Waals surface area contributed by atoms with Crippen molar-refractivity contribution in [2.45, 2.75) is 32.2 Å². The Hall–Kier alpha value is -2.05. The molecule has 3 saturated heterocycles. The molecular weight excluding hydrogens is 473 g/mol. The van der Waals surface area contributed by atoms with Crippen LogP contribution in [0.3, 0.4) is 0 Å². The van der Waals surface area contributed by atoms with Gasteiger partial charge in [0.05, 0.1) is 6.26 Å². The highest BCUT2D eigenvalue weighted by Gasteiger charge is 2.50. The maximum Gasteiger partial charge on any atom is 0.425 e. The highest BCUT2D eigenvalue weighted by molar-refractivity contribution is 7.88. The van der Waals surface area contributed by atoms with E-state index in [0.717, 1.165) is 37.7 Å². The number of halogens is 3. The van der Waals surface area contributed by atoms with E-state index in [1.807, 2.05) is 12.1 Å². The lowest BCUT2D eigenvalue weighted by atomic mass is 9.81. The second-order valence-electron chi connectivity index (χ2n) is 9.66. The maximum atomic E-state index is 12.7. The van der Waals surface area contributed by atoms with Gasteiger partial charge in [-0.25, -0.2) is 17.5 Å². The van der Waals surface area contributed by atoms with Crippen molar-refractivity contribution in [3.8, 4) is 0 Å².